The Kier molecular flexibility index (Phi) is 4.00. The van der Waals surface area contributed by atoms with E-state index in [9.17, 15) is 0 Å². The van der Waals surface area contributed by atoms with Crippen LogP contribution in [0.3, 0.4) is 0 Å². The van der Waals surface area contributed by atoms with Gasteiger partial charge in [0.05, 0.1) is 12.5 Å². The fourth-order valence-corrected chi connectivity index (χ4v) is 1.47. The van der Waals surface area contributed by atoms with Crippen LogP contribution in [0.1, 0.15) is 24.5 Å². The minimum absolute atomic E-state index is 0.550. The van der Waals surface area contributed by atoms with Crippen molar-refractivity contribution in [2.75, 3.05) is 11.9 Å². The molecule has 0 radical (unpaired) electrons. The molecule has 0 aliphatic carbocycles. The van der Waals surface area contributed by atoms with Gasteiger partial charge in [-0.05, 0) is 36.6 Å². The fraction of sp³-hybridized carbons (Fsp3) is 0.417. The lowest BCUT2D eigenvalue weighted by Gasteiger charge is -2.07. The molecule has 0 fully saturated rings. The molecule has 0 unspecified atom stereocenters. The number of hydrogen-bond acceptors (Lipinski definition) is 2. The Bertz CT molecular complexity index is 337. The summed E-state index contributed by atoms with van der Waals surface area (Å²) in [7, 11) is 0. The van der Waals surface area contributed by atoms with Crippen LogP contribution < -0.4 is 5.32 Å². The first-order valence-corrected chi connectivity index (χ1v) is 4.98. The predicted octanol–water partition coefficient (Wildman–Crippen LogP) is 2.88. The first kappa shape index (κ1) is 10.6. The second-order valence-corrected chi connectivity index (χ2v) is 3.33. The monoisotopic (exact) mass is 188 g/mol. The zero-order chi connectivity index (χ0) is 10.4. The van der Waals surface area contributed by atoms with Crippen LogP contribution in [0.5, 0.6) is 0 Å². The van der Waals surface area contributed by atoms with Gasteiger partial charge in [0.1, 0.15) is 0 Å². The molecule has 0 aliphatic rings. The van der Waals surface area contributed by atoms with E-state index < -0.39 is 0 Å². The molecule has 1 aromatic carbocycles. The minimum atomic E-state index is 0.550. The van der Waals surface area contributed by atoms with E-state index in [4.69, 9.17) is 5.26 Å². The third-order valence-corrected chi connectivity index (χ3v) is 2.29. The number of nitriles is 1. The minimum Gasteiger partial charge on any atom is -0.384 e. The van der Waals surface area contributed by atoms with Gasteiger partial charge in [-0.25, -0.2) is 0 Å². The molecule has 0 saturated heterocycles. The molecule has 0 amide bonds. The summed E-state index contributed by atoms with van der Waals surface area (Å²) in [6.45, 7) is 5.00. The Hall–Kier alpha value is -1.49. The summed E-state index contributed by atoms with van der Waals surface area (Å²) >= 11 is 0. The third kappa shape index (κ3) is 2.77. The van der Waals surface area contributed by atoms with Crippen molar-refractivity contribution in [1.82, 2.24) is 0 Å². The highest BCUT2D eigenvalue weighted by molar-refractivity contribution is 5.48. The number of nitrogens with one attached hydrogen (secondary N) is 1. The predicted molar refractivity (Wildman–Crippen MR) is 59.3 cm³/mol. The summed E-state index contributed by atoms with van der Waals surface area (Å²) in [5, 5.41) is 11.6. The van der Waals surface area contributed by atoms with Crippen molar-refractivity contribution >= 4 is 5.69 Å². The average Bonchev–Trinajstić information content (AvgIpc) is 2.18. The molecular weight excluding hydrogens is 172 g/mol. The lowest BCUT2D eigenvalue weighted by Crippen LogP contribution is -2.00. The summed E-state index contributed by atoms with van der Waals surface area (Å²) in [5.74, 6) is 0. The number of nitrogens with zero attached hydrogens (tertiary/aromatic N) is 1. The van der Waals surface area contributed by atoms with E-state index in [2.05, 4.69) is 43.4 Å². The van der Waals surface area contributed by atoms with Crippen molar-refractivity contribution in [3.05, 3.63) is 29.3 Å². The summed E-state index contributed by atoms with van der Waals surface area (Å²) in [6, 6.07) is 8.46. The standard InChI is InChI=1S/C12H16N2/c1-3-11-5-6-12(9-10(11)2)14-8-4-7-13/h5-6,9,14H,3-4,8H2,1-2H3. The van der Waals surface area contributed by atoms with Gasteiger partial charge in [-0.2, -0.15) is 5.26 Å². The Labute approximate surface area is 85.6 Å². The van der Waals surface area contributed by atoms with Crippen molar-refractivity contribution in [3.8, 4) is 6.07 Å². The van der Waals surface area contributed by atoms with E-state index >= 15 is 0 Å². The van der Waals surface area contributed by atoms with Crippen LogP contribution in [0.4, 0.5) is 5.69 Å². The molecule has 0 aliphatic heterocycles. The highest BCUT2D eigenvalue weighted by atomic mass is 14.9. The molecule has 1 rings (SSSR count). The Morgan fingerprint density at radius 1 is 1.43 bits per heavy atom. The van der Waals surface area contributed by atoms with Crippen molar-refractivity contribution in [2.45, 2.75) is 26.7 Å². The molecule has 2 heteroatoms. The molecule has 74 valence electrons. The van der Waals surface area contributed by atoms with E-state index in [1.807, 2.05) is 0 Å². The van der Waals surface area contributed by atoms with E-state index in [-0.39, 0.29) is 0 Å². The Balaban J connectivity index is 2.63. The lowest BCUT2D eigenvalue weighted by molar-refractivity contribution is 1.07. The van der Waals surface area contributed by atoms with Gasteiger partial charge in [0.25, 0.3) is 0 Å². The van der Waals surface area contributed by atoms with Crippen molar-refractivity contribution in [3.63, 3.8) is 0 Å². The molecule has 0 heterocycles. The molecule has 0 aromatic heterocycles. The molecular formula is C12H16N2. The maximum absolute atomic E-state index is 8.39. The van der Waals surface area contributed by atoms with E-state index in [0.717, 1.165) is 18.7 Å². The number of benzene rings is 1. The van der Waals surface area contributed by atoms with Gasteiger partial charge in [-0.3, -0.25) is 0 Å². The smallest absolute Gasteiger partial charge is 0.0640 e. The lowest BCUT2D eigenvalue weighted by atomic mass is 10.1. The Morgan fingerprint density at radius 3 is 2.79 bits per heavy atom. The summed E-state index contributed by atoms with van der Waals surface area (Å²) < 4.78 is 0. The van der Waals surface area contributed by atoms with Crippen molar-refractivity contribution in [1.29, 1.82) is 5.26 Å². The quantitative estimate of drug-likeness (QED) is 0.737. The zero-order valence-corrected chi connectivity index (χ0v) is 8.80. The van der Waals surface area contributed by atoms with Gasteiger partial charge in [0.15, 0.2) is 0 Å². The van der Waals surface area contributed by atoms with Crippen molar-refractivity contribution < 1.29 is 0 Å². The number of aryl methyl sites for hydroxylation is 2. The fourth-order valence-electron chi connectivity index (χ4n) is 1.47. The van der Waals surface area contributed by atoms with Crippen LogP contribution in [0.15, 0.2) is 18.2 Å². The number of rotatable bonds is 4. The summed E-state index contributed by atoms with van der Waals surface area (Å²) in [5.41, 5.74) is 3.81. The first-order valence-electron chi connectivity index (χ1n) is 4.98. The highest BCUT2D eigenvalue weighted by Crippen LogP contribution is 2.15. The van der Waals surface area contributed by atoms with Crippen LogP contribution in [0.2, 0.25) is 0 Å². The van der Waals surface area contributed by atoms with Gasteiger partial charge in [-0.1, -0.05) is 13.0 Å². The molecule has 14 heavy (non-hydrogen) atoms. The van der Waals surface area contributed by atoms with E-state index in [0.29, 0.717) is 6.42 Å². The van der Waals surface area contributed by atoms with Gasteiger partial charge in [0.2, 0.25) is 0 Å². The van der Waals surface area contributed by atoms with Crippen LogP contribution in [0, 0.1) is 18.3 Å². The average molecular weight is 188 g/mol. The van der Waals surface area contributed by atoms with Gasteiger partial charge >= 0.3 is 0 Å². The maximum atomic E-state index is 8.39. The zero-order valence-electron chi connectivity index (χ0n) is 8.80. The van der Waals surface area contributed by atoms with Crippen LogP contribution >= 0.6 is 0 Å². The first-order chi connectivity index (χ1) is 6.77. The third-order valence-electron chi connectivity index (χ3n) is 2.29. The van der Waals surface area contributed by atoms with Crippen LogP contribution in [-0.4, -0.2) is 6.54 Å². The molecule has 2 nitrogen and oxygen atoms in total. The number of hydrogen-bond donors (Lipinski definition) is 1. The highest BCUT2D eigenvalue weighted by Gasteiger charge is 1.97. The Morgan fingerprint density at radius 2 is 2.21 bits per heavy atom. The second kappa shape index (κ2) is 5.29. The summed E-state index contributed by atoms with van der Waals surface area (Å²) in [4.78, 5) is 0. The van der Waals surface area contributed by atoms with Crippen LogP contribution in [-0.2, 0) is 6.42 Å². The van der Waals surface area contributed by atoms with Gasteiger partial charge in [-0.15, -0.1) is 0 Å². The van der Waals surface area contributed by atoms with E-state index in [1.54, 1.807) is 0 Å². The molecule has 0 atom stereocenters. The second-order valence-electron chi connectivity index (χ2n) is 3.33. The van der Waals surface area contributed by atoms with Crippen LogP contribution in [0.25, 0.3) is 0 Å². The normalized spacial score (nSPS) is 9.50. The SMILES string of the molecule is CCc1ccc(NCCC#N)cc1C. The van der Waals surface area contributed by atoms with Gasteiger partial charge < -0.3 is 5.32 Å². The molecule has 1 aromatic rings. The largest absolute Gasteiger partial charge is 0.384 e. The maximum Gasteiger partial charge on any atom is 0.0640 e. The molecule has 1 N–H and O–H groups in total. The molecule has 0 spiro atoms. The topological polar surface area (TPSA) is 35.8 Å². The molecule has 0 saturated carbocycles. The summed E-state index contributed by atoms with van der Waals surface area (Å²) in [6.07, 6.45) is 1.62. The molecule has 0 bridgehead atoms. The van der Waals surface area contributed by atoms with Crippen molar-refractivity contribution in [2.24, 2.45) is 0 Å². The van der Waals surface area contributed by atoms with Gasteiger partial charge in [0, 0.05) is 12.2 Å². The van der Waals surface area contributed by atoms with E-state index in [1.165, 1.54) is 11.1 Å². The number of anilines is 1.